The molecule has 1 nitrogen and oxygen atoms in total. The summed E-state index contributed by atoms with van der Waals surface area (Å²) in [5, 5.41) is 3.19. The number of nitrogens with one attached hydrogen (secondary N) is 1. The van der Waals surface area contributed by atoms with Gasteiger partial charge in [0.1, 0.15) is 5.82 Å². The Balaban J connectivity index is 2.92. The molecule has 0 fully saturated rings. The summed E-state index contributed by atoms with van der Waals surface area (Å²) in [6, 6.07) is 3.47. The smallest absolute Gasteiger partial charge is 0.145 e. The lowest BCUT2D eigenvalue weighted by Crippen LogP contribution is -2.11. The molecule has 0 saturated carbocycles. The zero-order valence-electron chi connectivity index (χ0n) is 7.82. The van der Waals surface area contributed by atoms with Crippen molar-refractivity contribution in [2.75, 3.05) is 13.6 Å². The number of rotatable bonds is 3. The number of likely N-dealkylation sites (N-methyl/N-ethyl adjacent to an activating group) is 1. The number of halogens is 2. The van der Waals surface area contributed by atoms with Crippen LogP contribution in [0.3, 0.4) is 0 Å². The molecule has 0 spiro atoms. The monoisotopic (exact) mass is 201 g/mol. The van der Waals surface area contributed by atoms with Crippen LogP contribution in [-0.4, -0.2) is 13.6 Å². The molecule has 0 radical (unpaired) electrons. The number of benzene rings is 1. The van der Waals surface area contributed by atoms with E-state index in [-0.39, 0.29) is 10.8 Å². The molecule has 1 N–H and O–H groups in total. The number of hydrogen-bond donors (Lipinski definition) is 1. The molecule has 0 aromatic heterocycles. The maximum Gasteiger partial charge on any atom is 0.145 e. The van der Waals surface area contributed by atoms with Crippen LogP contribution >= 0.6 is 11.6 Å². The van der Waals surface area contributed by atoms with Gasteiger partial charge in [-0.1, -0.05) is 17.7 Å². The fourth-order valence-electron chi connectivity index (χ4n) is 1.24. The summed E-state index contributed by atoms with van der Waals surface area (Å²) in [7, 11) is 1.84. The Kier molecular flexibility index (Phi) is 3.70. The molecule has 0 aliphatic carbocycles. The first-order valence-corrected chi connectivity index (χ1v) is 4.62. The lowest BCUT2D eigenvalue weighted by molar-refractivity contribution is 0.605. The van der Waals surface area contributed by atoms with Crippen molar-refractivity contribution in [3.63, 3.8) is 0 Å². The molecule has 0 aliphatic heterocycles. The van der Waals surface area contributed by atoms with E-state index in [1.165, 1.54) is 0 Å². The lowest BCUT2D eigenvalue weighted by Gasteiger charge is -2.05. The maximum absolute atomic E-state index is 13.3. The summed E-state index contributed by atoms with van der Waals surface area (Å²) in [5.74, 6) is -0.289. The second kappa shape index (κ2) is 4.58. The largest absolute Gasteiger partial charge is 0.319 e. The third-order valence-corrected chi connectivity index (χ3v) is 2.17. The van der Waals surface area contributed by atoms with E-state index in [1.807, 2.05) is 20.0 Å². The van der Waals surface area contributed by atoms with E-state index in [4.69, 9.17) is 11.6 Å². The second-order valence-corrected chi connectivity index (χ2v) is 3.48. The van der Waals surface area contributed by atoms with Gasteiger partial charge in [0.25, 0.3) is 0 Å². The van der Waals surface area contributed by atoms with Gasteiger partial charge in [-0.2, -0.15) is 0 Å². The van der Waals surface area contributed by atoms with Crippen molar-refractivity contribution >= 4 is 11.6 Å². The maximum atomic E-state index is 13.3. The summed E-state index contributed by atoms with van der Waals surface area (Å²) < 4.78 is 13.3. The van der Waals surface area contributed by atoms with E-state index < -0.39 is 0 Å². The van der Waals surface area contributed by atoms with Crippen molar-refractivity contribution in [1.82, 2.24) is 5.32 Å². The minimum atomic E-state index is -0.289. The molecule has 1 rings (SSSR count). The van der Waals surface area contributed by atoms with Crippen LogP contribution in [0.4, 0.5) is 4.39 Å². The predicted octanol–water partition coefficient (Wildman–Crippen LogP) is 2.55. The fourth-order valence-corrected chi connectivity index (χ4v) is 1.53. The Labute approximate surface area is 82.9 Å². The fraction of sp³-hybridized carbons (Fsp3) is 0.400. The molecule has 1 aromatic rings. The van der Waals surface area contributed by atoms with Crippen molar-refractivity contribution in [3.05, 3.63) is 34.1 Å². The van der Waals surface area contributed by atoms with Gasteiger partial charge in [-0.25, -0.2) is 4.39 Å². The molecule has 0 bridgehead atoms. The molecule has 0 saturated heterocycles. The molecule has 72 valence electrons. The summed E-state index contributed by atoms with van der Waals surface area (Å²) in [6.45, 7) is 2.67. The van der Waals surface area contributed by atoms with Gasteiger partial charge in [0.2, 0.25) is 0 Å². The van der Waals surface area contributed by atoms with Crippen molar-refractivity contribution in [2.24, 2.45) is 0 Å². The van der Waals surface area contributed by atoms with Crippen LogP contribution in [0.2, 0.25) is 5.02 Å². The average Bonchev–Trinajstić information content (AvgIpc) is 2.09. The molecule has 3 heteroatoms. The van der Waals surface area contributed by atoms with Crippen LogP contribution < -0.4 is 5.32 Å². The van der Waals surface area contributed by atoms with Gasteiger partial charge in [0.15, 0.2) is 0 Å². The lowest BCUT2D eigenvalue weighted by atomic mass is 10.1. The third-order valence-electron chi connectivity index (χ3n) is 1.89. The molecule has 0 atom stereocenters. The van der Waals surface area contributed by atoms with Crippen LogP contribution in [0.5, 0.6) is 0 Å². The quantitative estimate of drug-likeness (QED) is 0.793. The Morgan fingerprint density at radius 3 is 2.77 bits per heavy atom. The highest BCUT2D eigenvalue weighted by Gasteiger charge is 2.06. The van der Waals surface area contributed by atoms with Gasteiger partial charge < -0.3 is 5.32 Å². The normalized spacial score (nSPS) is 10.5. The second-order valence-electron chi connectivity index (χ2n) is 3.07. The van der Waals surface area contributed by atoms with Crippen LogP contribution in [-0.2, 0) is 6.42 Å². The van der Waals surface area contributed by atoms with Gasteiger partial charge >= 0.3 is 0 Å². The predicted molar refractivity (Wildman–Crippen MR) is 53.8 cm³/mol. The van der Waals surface area contributed by atoms with Crippen molar-refractivity contribution in [2.45, 2.75) is 13.3 Å². The van der Waals surface area contributed by atoms with Gasteiger partial charge in [0.05, 0.1) is 5.02 Å². The zero-order chi connectivity index (χ0) is 9.84. The van der Waals surface area contributed by atoms with Gasteiger partial charge in [-0.15, -0.1) is 0 Å². The summed E-state index contributed by atoms with van der Waals surface area (Å²) in [4.78, 5) is 0. The van der Waals surface area contributed by atoms with Gasteiger partial charge in [-0.05, 0) is 44.1 Å². The molecule has 0 unspecified atom stereocenters. The highest BCUT2D eigenvalue weighted by molar-refractivity contribution is 6.30. The van der Waals surface area contributed by atoms with E-state index in [2.05, 4.69) is 5.32 Å². The molecular weight excluding hydrogens is 189 g/mol. The van der Waals surface area contributed by atoms with Gasteiger partial charge in [0, 0.05) is 0 Å². The van der Waals surface area contributed by atoms with E-state index in [1.54, 1.807) is 6.07 Å². The Hall–Kier alpha value is -0.600. The van der Waals surface area contributed by atoms with Gasteiger partial charge in [-0.3, -0.25) is 0 Å². The van der Waals surface area contributed by atoms with E-state index in [9.17, 15) is 4.39 Å². The Morgan fingerprint density at radius 2 is 2.15 bits per heavy atom. The number of aryl methyl sites for hydroxylation is 1. The SMILES string of the molecule is CNCCc1cc(C)cc(Cl)c1F. The molecule has 1 aromatic carbocycles. The first kappa shape index (κ1) is 10.5. The third kappa shape index (κ3) is 2.68. The summed E-state index contributed by atoms with van der Waals surface area (Å²) in [6.07, 6.45) is 0.670. The molecule has 0 aliphatic rings. The Morgan fingerprint density at radius 1 is 1.46 bits per heavy atom. The zero-order valence-corrected chi connectivity index (χ0v) is 8.58. The average molecular weight is 202 g/mol. The standard InChI is InChI=1S/C10H13ClFN/c1-7-5-8(3-4-13-2)10(12)9(11)6-7/h5-6,13H,3-4H2,1-2H3. The summed E-state index contributed by atoms with van der Waals surface area (Å²) in [5.41, 5.74) is 1.68. The first-order valence-electron chi connectivity index (χ1n) is 4.24. The van der Waals surface area contributed by atoms with E-state index in [0.717, 1.165) is 12.1 Å². The molecule has 13 heavy (non-hydrogen) atoms. The Bertz CT molecular complexity index is 299. The van der Waals surface area contributed by atoms with E-state index >= 15 is 0 Å². The minimum absolute atomic E-state index is 0.214. The molecule has 0 amide bonds. The highest BCUT2D eigenvalue weighted by atomic mass is 35.5. The molecule has 0 heterocycles. The minimum Gasteiger partial charge on any atom is -0.319 e. The van der Waals surface area contributed by atoms with Crippen LogP contribution in [0, 0.1) is 12.7 Å². The van der Waals surface area contributed by atoms with Crippen molar-refractivity contribution in [3.8, 4) is 0 Å². The van der Waals surface area contributed by atoms with Crippen LogP contribution in [0.15, 0.2) is 12.1 Å². The summed E-state index contributed by atoms with van der Waals surface area (Å²) >= 11 is 5.70. The topological polar surface area (TPSA) is 12.0 Å². The van der Waals surface area contributed by atoms with E-state index in [0.29, 0.717) is 12.0 Å². The molecular formula is C10H13ClFN. The first-order chi connectivity index (χ1) is 6.15. The number of hydrogen-bond acceptors (Lipinski definition) is 1. The van der Waals surface area contributed by atoms with Crippen molar-refractivity contribution in [1.29, 1.82) is 0 Å². The van der Waals surface area contributed by atoms with Crippen LogP contribution in [0.1, 0.15) is 11.1 Å². The van der Waals surface area contributed by atoms with Crippen molar-refractivity contribution < 1.29 is 4.39 Å². The highest BCUT2D eigenvalue weighted by Crippen LogP contribution is 2.20. The van der Waals surface area contributed by atoms with Crippen LogP contribution in [0.25, 0.3) is 0 Å².